The van der Waals surface area contributed by atoms with E-state index < -0.39 is 6.03 Å². The van der Waals surface area contributed by atoms with E-state index in [1.807, 2.05) is 25.1 Å². The van der Waals surface area contributed by atoms with Crippen LogP contribution in [0.1, 0.15) is 18.6 Å². The summed E-state index contributed by atoms with van der Waals surface area (Å²) in [5.74, 6) is 0.468. The normalized spacial score (nSPS) is 16.2. The van der Waals surface area contributed by atoms with Crippen molar-refractivity contribution in [2.75, 3.05) is 13.1 Å². The van der Waals surface area contributed by atoms with Crippen LogP contribution in [0.25, 0.3) is 11.0 Å². The molecule has 2 aromatic rings. The molecule has 1 aromatic heterocycles. The number of piperidine rings is 1. The van der Waals surface area contributed by atoms with Gasteiger partial charge in [0.2, 0.25) is 11.9 Å². The van der Waals surface area contributed by atoms with Crippen LogP contribution in [0.2, 0.25) is 0 Å². The van der Waals surface area contributed by atoms with Crippen molar-refractivity contribution in [3.8, 4) is 0 Å². The summed E-state index contributed by atoms with van der Waals surface area (Å²) in [5.41, 5.74) is 12.5. The fourth-order valence-electron chi connectivity index (χ4n) is 2.99. The van der Waals surface area contributed by atoms with Crippen molar-refractivity contribution in [3.63, 3.8) is 0 Å². The van der Waals surface area contributed by atoms with Crippen molar-refractivity contribution in [2.45, 2.75) is 19.8 Å². The molecular formula is C17H21N5O3. The number of aryl methyl sites for hydroxylation is 1. The Labute approximate surface area is 144 Å². The van der Waals surface area contributed by atoms with Gasteiger partial charge in [0, 0.05) is 24.4 Å². The summed E-state index contributed by atoms with van der Waals surface area (Å²) in [4.78, 5) is 29.1. The number of furan rings is 1. The number of nitrogens with two attached hydrogens (primary N) is 2. The number of urea groups is 1. The number of primary amides is 1. The maximum absolute atomic E-state index is 12.3. The van der Waals surface area contributed by atoms with Gasteiger partial charge in [-0.15, -0.1) is 0 Å². The Bertz CT molecular complexity index is 834. The number of carbonyl (C=O) groups excluding carboxylic acids is 2. The van der Waals surface area contributed by atoms with Crippen LogP contribution in [0.4, 0.5) is 10.5 Å². The second-order valence-corrected chi connectivity index (χ2v) is 6.17. The lowest BCUT2D eigenvalue weighted by Gasteiger charge is -2.29. The number of rotatable bonds is 2. The summed E-state index contributed by atoms with van der Waals surface area (Å²) in [6.07, 6.45) is 1.12. The van der Waals surface area contributed by atoms with Crippen LogP contribution >= 0.6 is 0 Å². The number of aliphatic imine (C=N–C) groups is 1. The first-order valence-electron chi connectivity index (χ1n) is 8.12. The van der Waals surface area contributed by atoms with Gasteiger partial charge in [0.1, 0.15) is 11.3 Å². The van der Waals surface area contributed by atoms with E-state index >= 15 is 0 Å². The molecule has 1 fully saturated rings. The molecule has 0 atom stereocenters. The summed E-state index contributed by atoms with van der Waals surface area (Å²) in [7, 11) is 0. The van der Waals surface area contributed by atoms with Gasteiger partial charge in [0.25, 0.3) is 0 Å². The van der Waals surface area contributed by atoms with Crippen LogP contribution in [0.5, 0.6) is 0 Å². The number of likely N-dealkylation sites (tertiary alicyclic amines) is 1. The first-order chi connectivity index (χ1) is 11.9. The number of fused-ring (bicyclic) bond motifs is 1. The van der Waals surface area contributed by atoms with Gasteiger partial charge in [-0.05, 0) is 44.0 Å². The largest absolute Gasteiger partial charge is 0.461 e. The predicted molar refractivity (Wildman–Crippen MR) is 94.3 cm³/mol. The van der Waals surface area contributed by atoms with Gasteiger partial charge in [0.15, 0.2) is 0 Å². The quantitative estimate of drug-likeness (QED) is 0.565. The molecule has 0 saturated carbocycles. The molecule has 25 heavy (non-hydrogen) atoms. The molecule has 1 saturated heterocycles. The highest BCUT2D eigenvalue weighted by Gasteiger charge is 2.26. The highest BCUT2D eigenvalue weighted by molar-refractivity contribution is 5.98. The van der Waals surface area contributed by atoms with E-state index in [-0.39, 0.29) is 17.8 Å². The van der Waals surface area contributed by atoms with Crippen LogP contribution in [0.15, 0.2) is 33.7 Å². The van der Waals surface area contributed by atoms with Crippen LogP contribution in [0.3, 0.4) is 0 Å². The molecule has 3 rings (SSSR count). The van der Waals surface area contributed by atoms with Crippen molar-refractivity contribution in [1.82, 2.24) is 10.2 Å². The highest BCUT2D eigenvalue weighted by Crippen LogP contribution is 2.24. The number of benzene rings is 1. The SMILES string of the molecule is Cc1cc2cc(N=C(N)NC(=O)C3CCN(C(N)=O)CC3)ccc2o1. The molecule has 5 N–H and O–H groups in total. The first-order valence-corrected chi connectivity index (χ1v) is 8.12. The number of nitrogens with zero attached hydrogens (tertiary/aromatic N) is 2. The number of amides is 3. The Morgan fingerprint density at radius 3 is 2.64 bits per heavy atom. The number of guanidine groups is 1. The number of hydrogen-bond donors (Lipinski definition) is 3. The minimum absolute atomic E-state index is 0.0434. The summed E-state index contributed by atoms with van der Waals surface area (Å²) >= 11 is 0. The zero-order valence-electron chi connectivity index (χ0n) is 14.0. The van der Waals surface area contributed by atoms with Gasteiger partial charge in [-0.3, -0.25) is 10.1 Å². The Balaban J connectivity index is 1.62. The van der Waals surface area contributed by atoms with E-state index in [4.69, 9.17) is 15.9 Å². The molecule has 132 valence electrons. The van der Waals surface area contributed by atoms with E-state index in [0.29, 0.717) is 31.6 Å². The third-order valence-electron chi connectivity index (χ3n) is 4.30. The van der Waals surface area contributed by atoms with Gasteiger partial charge < -0.3 is 20.8 Å². The molecular weight excluding hydrogens is 322 g/mol. The fraction of sp³-hybridized carbons (Fsp3) is 0.353. The first kappa shape index (κ1) is 16.8. The molecule has 3 amide bonds. The monoisotopic (exact) mass is 343 g/mol. The van der Waals surface area contributed by atoms with Crippen molar-refractivity contribution in [3.05, 3.63) is 30.0 Å². The van der Waals surface area contributed by atoms with Crippen molar-refractivity contribution in [1.29, 1.82) is 0 Å². The summed E-state index contributed by atoms with van der Waals surface area (Å²) in [5, 5.41) is 3.55. The zero-order chi connectivity index (χ0) is 18.0. The number of carbonyl (C=O) groups is 2. The second kappa shape index (κ2) is 6.84. The summed E-state index contributed by atoms with van der Waals surface area (Å²) < 4.78 is 5.51. The smallest absolute Gasteiger partial charge is 0.314 e. The average molecular weight is 343 g/mol. The highest BCUT2D eigenvalue weighted by atomic mass is 16.3. The van der Waals surface area contributed by atoms with Crippen LogP contribution in [-0.4, -0.2) is 35.9 Å². The molecule has 8 nitrogen and oxygen atoms in total. The van der Waals surface area contributed by atoms with E-state index in [0.717, 1.165) is 16.7 Å². The zero-order valence-corrected chi connectivity index (χ0v) is 14.0. The standard InChI is InChI=1S/C17H21N5O3/c1-10-8-12-9-13(2-3-14(12)25-10)20-16(18)21-15(23)11-4-6-22(7-5-11)17(19)24/h2-3,8-9,11H,4-7H2,1H3,(H2,19,24)(H3,18,20,21,23). The van der Waals surface area contributed by atoms with Gasteiger partial charge in [-0.1, -0.05) is 0 Å². The van der Waals surface area contributed by atoms with E-state index in [9.17, 15) is 9.59 Å². The maximum Gasteiger partial charge on any atom is 0.314 e. The van der Waals surface area contributed by atoms with E-state index in [2.05, 4.69) is 10.3 Å². The predicted octanol–water partition coefficient (Wildman–Crippen LogP) is 1.59. The minimum atomic E-state index is -0.454. The van der Waals surface area contributed by atoms with Gasteiger partial charge in [-0.25, -0.2) is 9.79 Å². The Morgan fingerprint density at radius 2 is 1.96 bits per heavy atom. The molecule has 2 heterocycles. The molecule has 0 radical (unpaired) electrons. The molecule has 1 aliphatic rings. The number of hydrogen-bond acceptors (Lipinski definition) is 4. The third-order valence-corrected chi connectivity index (χ3v) is 4.30. The van der Waals surface area contributed by atoms with Crippen molar-refractivity contribution in [2.24, 2.45) is 22.4 Å². The van der Waals surface area contributed by atoms with Crippen molar-refractivity contribution >= 4 is 34.6 Å². The van der Waals surface area contributed by atoms with Gasteiger partial charge in [-0.2, -0.15) is 0 Å². The molecule has 1 aliphatic heterocycles. The van der Waals surface area contributed by atoms with E-state index in [1.165, 1.54) is 4.90 Å². The molecule has 0 spiro atoms. The third kappa shape index (κ3) is 3.90. The van der Waals surface area contributed by atoms with E-state index in [1.54, 1.807) is 6.07 Å². The van der Waals surface area contributed by atoms with Gasteiger partial charge in [0.05, 0.1) is 5.69 Å². The maximum atomic E-state index is 12.3. The Morgan fingerprint density at radius 1 is 1.24 bits per heavy atom. The fourth-order valence-corrected chi connectivity index (χ4v) is 2.99. The Hall–Kier alpha value is -3.03. The van der Waals surface area contributed by atoms with Gasteiger partial charge >= 0.3 is 6.03 Å². The molecule has 8 heteroatoms. The molecule has 0 unspecified atom stereocenters. The van der Waals surface area contributed by atoms with Crippen LogP contribution in [0, 0.1) is 12.8 Å². The molecule has 0 aliphatic carbocycles. The lowest BCUT2D eigenvalue weighted by atomic mass is 9.96. The molecule has 0 bridgehead atoms. The lowest BCUT2D eigenvalue weighted by Crippen LogP contribution is -2.47. The lowest BCUT2D eigenvalue weighted by molar-refractivity contribution is -0.124. The number of nitrogens with one attached hydrogen (secondary N) is 1. The Kier molecular flexibility index (Phi) is 4.60. The van der Waals surface area contributed by atoms with Crippen molar-refractivity contribution < 1.29 is 14.0 Å². The van der Waals surface area contributed by atoms with Crippen LogP contribution in [-0.2, 0) is 4.79 Å². The van der Waals surface area contributed by atoms with Crippen LogP contribution < -0.4 is 16.8 Å². The second-order valence-electron chi connectivity index (χ2n) is 6.17. The molecule has 1 aromatic carbocycles. The summed E-state index contributed by atoms with van der Waals surface area (Å²) in [6, 6.07) is 6.89. The topological polar surface area (TPSA) is 127 Å². The summed E-state index contributed by atoms with van der Waals surface area (Å²) in [6.45, 7) is 2.82. The minimum Gasteiger partial charge on any atom is -0.461 e. The average Bonchev–Trinajstić information content (AvgIpc) is 2.94.